The van der Waals surface area contributed by atoms with Gasteiger partial charge in [-0.3, -0.25) is 0 Å². The lowest BCUT2D eigenvalue weighted by atomic mass is 10.1. The van der Waals surface area contributed by atoms with E-state index in [0.29, 0.717) is 0 Å². The number of hydrogen-bond acceptors (Lipinski definition) is 4. The third-order valence-corrected chi connectivity index (χ3v) is 6.32. The van der Waals surface area contributed by atoms with Crippen LogP contribution in [0, 0.1) is 20.8 Å². The van der Waals surface area contributed by atoms with Gasteiger partial charge in [-0.05, 0) is 63.1 Å². The summed E-state index contributed by atoms with van der Waals surface area (Å²) in [7, 11) is 3.88. The average Bonchev–Trinajstić information content (AvgIpc) is 3.20. The number of benzene rings is 3. The Labute approximate surface area is 171 Å². The lowest BCUT2D eigenvalue weighted by Gasteiger charge is -2.29. The average molecular weight is 386 g/mol. The molecule has 0 spiro atoms. The molecule has 29 heavy (non-hydrogen) atoms. The first-order chi connectivity index (χ1) is 13.9. The molecule has 0 amide bonds. The van der Waals surface area contributed by atoms with Crippen molar-refractivity contribution in [2.24, 2.45) is 0 Å². The van der Waals surface area contributed by atoms with E-state index in [1.165, 1.54) is 27.7 Å². The fraction of sp³-hybridized carbons (Fsp3) is 0.280. The van der Waals surface area contributed by atoms with Crippen LogP contribution in [0.3, 0.4) is 0 Å². The molecule has 4 aromatic rings. The lowest BCUT2D eigenvalue weighted by Crippen LogP contribution is -2.36. The van der Waals surface area contributed by atoms with E-state index in [2.05, 4.69) is 87.0 Å². The fourth-order valence-corrected chi connectivity index (χ4v) is 4.67. The number of para-hydroxylation sites is 1. The van der Waals surface area contributed by atoms with Gasteiger partial charge in [-0.15, -0.1) is 0 Å². The Morgan fingerprint density at radius 2 is 1.69 bits per heavy atom. The summed E-state index contributed by atoms with van der Waals surface area (Å²) >= 11 is 0. The van der Waals surface area contributed by atoms with E-state index in [0.717, 1.165) is 33.7 Å². The molecule has 1 aliphatic rings. The number of nitrogens with zero attached hydrogens (tertiary/aromatic N) is 2. The molecule has 4 nitrogen and oxygen atoms in total. The van der Waals surface area contributed by atoms with Crippen molar-refractivity contribution in [1.82, 2.24) is 0 Å². The van der Waals surface area contributed by atoms with E-state index >= 15 is 0 Å². The quantitative estimate of drug-likeness (QED) is 0.396. The summed E-state index contributed by atoms with van der Waals surface area (Å²) in [4.78, 5) is 4.70. The summed E-state index contributed by atoms with van der Waals surface area (Å²) in [6.45, 7) is 8.57. The molecular weight excluding hydrogens is 360 g/mol. The van der Waals surface area contributed by atoms with Crippen molar-refractivity contribution in [3.63, 3.8) is 0 Å². The standard InChI is InChI=1S/C25H26N2O2/c1-14-12-21(16(3)22(13-14)28-6)27-17(4)26(5)23-20(27)11-10-19-18-9-7-8-15(2)24(18)29-25(19)23/h7-13,17H,1-6H3/t17-/m0/s1. The topological polar surface area (TPSA) is 28.9 Å². The largest absolute Gasteiger partial charge is 0.496 e. The predicted octanol–water partition coefficient (Wildman–Crippen LogP) is 6.45. The van der Waals surface area contributed by atoms with Crippen molar-refractivity contribution in [3.05, 3.63) is 59.2 Å². The van der Waals surface area contributed by atoms with Gasteiger partial charge in [0.1, 0.15) is 23.2 Å². The lowest BCUT2D eigenvalue weighted by molar-refractivity contribution is 0.411. The van der Waals surface area contributed by atoms with Gasteiger partial charge in [-0.1, -0.05) is 18.2 Å². The van der Waals surface area contributed by atoms with Crippen LogP contribution < -0.4 is 14.5 Å². The number of fused-ring (bicyclic) bond motifs is 5. The Hall–Kier alpha value is -3.14. The number of furan rings is 1. The van der Waals surface area contributed by atoms with E-state index in [4.69, 9.17) is 9.15 Å². The molecule has 1 aromatic heterocycles. The first kappa shape index (κ1) is 17.9. The molecule has 2 heterocycles. The summed E-state index contributed by atoms with van der Waals surface area (Å²) in [6.07, 6.45) is 0.162. The fourth-order valence-electron chi connectivity index (χ4n) is 4.67. The number of rotatable bonds is 2. The predicted molar refractivity (Wildman–Crippen MR) is 121 cm³/mol. The van der Waals surface area contributed by atoms with E-state index < -0.39 is 0 Å². The van der Waals surface area contributed by atoms with E-state index in [1.807, 2.05) is 0 Å². The van der Waals surface area contributed by atoms with Crippen LogP contribution in [0.4, 0.5) is 17.1 Å². The molecule has 0 bridgehead atoms. The van der Waals surface area contributed by atoms with Gasteiger partial charge in [0.15, 0.2) is 5.58 Å². The molecule has 1 atom stereocenters. The SMILES string of the molecule is COc1cc(C)cc(N2c3ccc4c(oc5c(C)cccc54)c3N(C)[C@@H]2C)c1C. The van der Waals surface area contributed by atoms with Crippen LogP contribution >= 0.6 is 0 Å². The van der Waals surface area contributed by atoms with Gasteiger partial charge in [-0.2, -0.15) is 0 Å². The van der Waals surface area contributed by atoms with E-state index in [1.54, 1.807) is 7.11 Å². The molecule has 4 heteroatoms. The second-order valence-electron chi connectivity index (χ2n) is 8.09. The maximum atomic E-state index is 6.43. The summed E-state index contributed by atoms with van der Waals surface area (Å²) in [5.74, 6) is 0.920. The molecule has 0 N–H and O–H groups in total. The number of hydrogen-bond donors (Lipinski definition) is 0. The molecule has 0 unspecified atom stereocenters. The number of anilines is 3. The van der Waals surface area contributed by atoms with E-state index in [-0.39, 0.29) is 6.17 Å². The third kappa shape index (κ3) is 2.38. The minimum Gasteiger partial charge on any atom is -0.496 e. The second kappa shape index (κ2) is 6.18. The molecule has 0 saturated carbocycles. The molecule has 1 aliphatic heterocycles. The number of methoxy groups -OCH3 is 1. The van der Waals surface area contributed by atoms with Crippen molar-refractivity contribution >= 4 is 39.0 Å². The zero-order chi connectivity index (χ0) is 20.4. The molecule has 0 saturated heterocycles. The first-order valence-electron chi connectivity index (χ1n) is 10.0. The smallest absolute Gasteiger partial charge is 0.160 e. The van der Waals surface area contributed by atoms with Crippen LogP contribution in [0.15, 0.2) is 46.9 Å². The molecule has 3 aromatic carbocycles. The Morgan fingerprint density at radius 3 is 2.45 bits per heavy atom. The normalized spacial score (nSPS) is 16.1. The summed E-state index contributed by atoms with van der Waals surface area (Å²) in [6, 6.07) is 15.1. The number of aryl methyl sites for hydroxylation is 2. The zero-order valence-electron chi connectivity index (χ0n) is 17.8. The van der Waals surface area contributed by atoms with Gasteiger partial charge in [0.2, 0.25) is 0 Å². The van der Waals surface area contributed by atoms with Gasteiger partial charge >= 0.3 is 0 Å². The molecule has 5 rings (SSSR count). The van der Waals surface area contributed by atoms with Crippen molar-refractivity contribution in [2.75, 3.05) is 24.0 Å². The Morgan fingerprint density at radius 1 is 0.931 bits per heavy atom. The number of ether oxygens (including phenoxy) is 1. The summed E-state index contributed by atoms with van der Waals surface area (Å²) in [5.41, 5.74) is 8.91. The second-order valence-corrected chi connectivity index (χ2v) is 8.09. The van der Waals surface area contributed by atoms with Crippen LogP contribution in [-0.4, -0.2) is 20.3 Å². The molecule has 0 aliphatic carbocycles. The monoisotopic (exact) mass is 386 g/mol. The van der Waals surface area contributed by atoms with E-state index in [9.17, 15) is 0 Å². The minimum absolute atomic E-state index is 0.162. The highest BCUT2D eigenvalue weighted by molar-refractivity contribution is 6.13. The maximum Gasteiger partial charge on any atom is 0.160 e. The molecule has 0 radical (unpaired) electrons. The van der Waals surface area contributed by atoms with Crippen molar-refractivity contribution in [3.8, 4) is 5.75 Å². The molecule has 0 fully saturated rings. The Kier molecular flexibility index (Phi) is 3.82. The molecule has 148 valence electrons. The van der Waals surface area contributed by atoms with Crippen LogP contribution in [0.5, 0.6) is 5.75 Å². The maximum absolute atomic E-state index is 6.43. The van der Waals surface area contributed by atoms with Gasteiger partial charge in [0, 0.05) is 29.1 Å². The van der Waals surface area contributed by atoms with Crippen LogP contribution in [0.2, 0.25) is 0 Å². The first-order valence-corrected chi connectivity index (χ1v) is 10.0. The van der Waals surface area contributed by atoms with Crippen molar-refractivity contribution in [1.29, 1.82) is 0 Å². The highest BCUT2D eigenvalue weighted by Crippen LogP contribution is 2.50. The van der Waals surface area contributed by atoms with Crippen LogP contribution in [0.25, 0.3) is 21.9 Å². The van der Waals surface area contributed by atoms with Crippen molar-refractivity contribution in [2.45, 2.75) is 33.9 Å². The minimum atomic E-state index is 0.162. The Bertz CT molecular complexity index is 1270. The van der Waals surface area contributed by atoms with Gasteiger partial charge in [0.25, 0.3) is 0 Å². The third-order valence-electron chi connectivity index (χ3n) is 6.32. The Balaban J connectivity index is 1.80. The highest BCUT2D eigenvalue weighted by atomic mass is 16.5. The van der Waals surface area contributed by atoms with Gasteiger partial charge < -0.3 is 19.0 Å². The summed E-state index contributed by atoms with van der Waals surface area (Å²) < 4.78 is 12.1. The van der Waals surface area contributed by atoms with Crippen LogP contribution in [-0.2, 0) is 0 Å². The zero-order valence-corrected chi connectivity index (χ0v) is 17.8. The van der Waals surface area contributed by atoms with Crippen molar-refractivity contribution < 1.29 is 9.15 Å². The van der Waals surface area contributed by atoms with Crippen LogP contribution in [0.1, 0.15) is 23.6 Å². The summed E-state index contributed by atoms with van der Waals surface area (Å²) in [5, 5.41) is 2.35. The highest BCUT2D eigenvalue weighted by Gasteiger charge is 2.35. The van der Waals surface area contributed by atoms with Gasteiger partial charge in [0.05, 0.1) is 12.8 Å². The van der Waals surface area contributed by atoms with Gasteiger partial charge in [-0.25, -0.2) is 0 Å². The molecular formula is C25H26N2O2.